The number of aliphatic carboxylic acids is 1. The Kier molecular flexibility index (Phi) is 7.82. The minimum atomic E-state index is -0.831. The number of nitrogens with one attached hydrogen (secondary N) is 1. The van der Waals surface area contributed by atoms with Gasteiger partial charge in [0.2, 0.25) is 0 Å². The molecule has 8 nitrogen and oxygen atoms in total. The molecule has 0 bridgehead atoms. The van der Waals surface area contributed by atoms with Gasteiger partial charge < -0.3 is 15.2 Å². The predicted octanol–water partition coefficient (Wildman–Crippen LogP) is 2.39. The molecule has 0 fully saturated rings. The zero-order valence-electron chi connectivity index (χ0n) is 12.3. The Morgan fingerprint density at radius 3 is 2.65 bits per heavy atom. The van der Waals surface area contributed by atoms with Crippen molar-refractivity contribution in [1.82, 2.24) is 5.32 Å². The van der Waals surface area contributed by atoms with Gasteiger partial charge in [-0.3, -0.25) is 19.7 Å². The van der Waals surface area contributed by atoms with E-state index in [1.807, 2.05) is 0 Å². The molecule has 1 aromatic carbocycles. The molecule has 0 atom stereocenters. The van der Waals surface area contributed by atoms with E-state index >= 15 is 0 Å². The average molecular weight is 345 g/mol. The SMILES string of the molecule is O=C(O)CCCCCNC(=O)COc1ccc([N+](=O)[O-])cc1Cl. The van der Waals surface area contributed by atoms with Gasteiger partial charge in [-0.2, -0.15) is 0 Å². The fourth-order valence-corrected chi connectivity index (χ4v) is 1.95. The van der Waals surface area contributed by atoms with E-state index in [9.17, 15) is 19.7 Å². The van der Waals surface area contributed by atoms with E-state index in [-0.39, 0.29) is 35.4 Å². The second-order valence-electron chi connectivity index (χ2n) is 4.71. The number of rotatable bonds is 10. The lowest BCUT2D eigenvalue weighted by Gasteiger charge is -2.08. The maximum absolute atomic E-state index is 11.6. The Bertz CT molecular complexity index is 578. The Balaban J connectivity index is 2.26. The fraction of sp³-hybridized carbons (Fsp3) is 0.429. The molecular weight excluding hydrogens is 328 g/mol. The minimum Gasteiger partial charge on any atom is -0.482 e. The number of nitrogens with zero attached hydrogens (tertiary/aromatic N) is 1. The zero-order chi connectivity index (χ0) is 17.2. The molecule has 126 valence electrons. The number of carboxylic acids is 1. The van der Waals surface area contributed by atoms with Crippen LogP contribution in [0.15, 0.2) is 18.2 Å². The number of hydrogen-bond acceptors (Lipinski definition) is 5. The maximum Gasteiger partial charge on any atom is 0.303 e. The molecule has 0 aliphatic heterocycles. The number of ether oxygens (including phenoxy) is 1. The van der Waals surface area contributed by atoms with Gasteiger partial charge in [0.15, 0.2) is 6.61 Å². The van der Waals surface area contributed by atoms with Crippen LogP contribution in [0.25, 0.3) is 0 Å². The molecule has 2 N–H and O–H groups in total. The number of unbranched alkanes of at least 4 members (excludes halogenated alkanes) is 2. The van der Waals surface area contributed by atoms with E-state index in [1.54, 1.807) is 0 Å². The molecule has 0 saturated heterocycles. The Hall–Kier alpha value is -2.35. The van der Waals surface area contributed by atoms with Crippen LogP contribution in [0, 0.1) is 10.1 Å². The van der Waals surface area contributed by atoms with Crippen molar-refractivity contribution < 1.29 is 24.4 Å². The molecule has 23 heavy (non-hydrogen) atoms. The van der Waals surface area contributed by atoms with Crippen molar-refractivity contribution in [2.45, 2.75) is 25.7 Å². The lowest BCUT2D eigenvalue weighted by atomic mass is 10.2. The van der Waals surface area contributed by atoms with Crippen LogP contribution in [-0.4, -0.2) is 35.1 Å². The monoisotopic (exact) mass is 344 g/mol. The van der Waals surface area contributed by atoms with Crippen LogP contribution in [0.2, 0.25) is 5.02 Å². The van der Waals surface area contributed by atoms with Crippen molar-refractivity contribution >= 4 is 29.2 Å². The number of carbonyl (C=O) groups excluding carboxylic acids is 1. The Morgan fingerprint density at radius 2 is 2.04 bits per heavy atom. The van der Waals surface area contributed by atoms with Crippen LogP contribution in [0.5, 0.6) is 5.75 Å². The van der Waals surface area contributed by atoms with Crippen LogP contribution < -0.4 is 10.1 Å². The van der Waals surface area contributed by atoms with Crippen LogP contribution in [0.3, 0.4) is 0 Å². The highest BCUT2D eigenvalue weighted by atomic mass is 35.5. The lowest BCUT2D eigenvalue weighted by molar-refractivity contribution is -0.384. The van der Waals surface area contributed by atoms with Crippen LogP contribution in [0.4, 0.5) is 5.69 Å². The number of hydrogen-bond donors (Lipinski definition) is 2. The average Bonchev–Trinajstić information content (AvgIpc) is 2.49. The number of amides is 1. The van der Waals surface area contributed by atoms with E-state index in [0.717, 1.165) is 6.07 Å². The summed E-state index contributed by atoms with van der Waals surface area (Å²) in [6, 6.07) is 3.72. The molecule has 0 saturated carbocycles. The first-order chi connectivity index (χ1) is 10.9. The minimum absolute atomic E-state index is 0.0562. The van der Waals surface area contributed by atoms with Crippen molar-refractivity contribution in [1.29, 1.82) is 0 Å². The number of nitro benzene ring substituents is 1. The van der Waals surface area contributed by atoms with Gasteiger partial charge in [-0.25, -0.2) is 0 Å². The highest BCUT2D eigenvalue weighted by Crippen LogP contribution is 2.28. The summed E-state index contributed by atoms with van der Waals surface area (Å²) in [5.74, 6) is -0.992. The molecule has 1 amide bonds. The predicted molar refractivity (Wildman–Crippen MR) is 82.7 cm³/mol. The van der Waals surface area contributed by atoms with Gasteiger partial charge in [-0.05, 0) is 18.9 Å². The molecule has 1 rings (SSSR count). The smallest absolute Gasteiger partial charge is 0.303 e. The van der Waals surface area contributed by atoms with Crippen molar-refractivity contribution in [3.05, 3.63) is 33.3 Å². The molecule has 0 aliphatic carbocycles. The number of halogens is 1. The van der Waals surface area contributed by atoms with E-state index < -0.39 is 10.9 Å². The third-order valence-electron chi connectivity index (χ3n) is 2.87. The quantitative estimate of drug-likeness (QED) is 0.382. The molecule has 9 heteroatoms. The standard InChI is InChI=1S/C14H17ClN2O6/c15-11-8-10(17(21)22)5-6-12(11)23-9-13(18)16-7-3-1-2-4-14(19)20/h5-6,8H,1-4,7,9H2,(H,16,18)(H,19,20). The summed E-state index contributed by atoms with van der Waals surface area (Å²) >= 11 is 5.83. The summed E-state index contributed by atoms with van der Waals surface area (Å²) in [5.41, 5.74) is -0.159. The van der Waals surface area contributed by atoms with Gasteiger partial charge in [0, 0.05) is 25.1 Å². The first-order valence-corrected chi connectivity index (χ1v) is 7.33. The molecule has 0 spiro atoms. The molecule has 0 aliphatic rings. The van der Waals surface area contributed by atoms with Gasteiger partial charge in [0.05, 0.1) is 9.95 Å². The van der Waals surface area contributed by atoms with Crippen molar-refractivity contribution in [3.63, 3.8) is 0 Å². The van der Waals surface area contributed by atoms with Gasteiger partial charge in [-0.1, -0.05) is 18.0 Å². The first-order valence-electron chi connectivity index (χ1n) is 6.95. The highest BCUT2D eigenvalue weighted by Gasteiger charge is 2.11. The summed E-state index contributed by atoms with van der Waals surface area (Å²) in [6.45, 7) is 0.169. The third kappa shape index (κ3) is 7.46. The lowest BCUT2D eigenvalue weighted by Crippen LogP contribution is -2.29. The summed E-state index contributed by atoms with van der Waals surface area (Å²) in [6.07, 6.45) is 2.08. The van der Waals surface area contributed by atoms with E-state index in [4.69, 9.17) is 21.4 Å². The topological polar surface area (TPSA) is 119 Å². The second kappa shape index (κ2) is 9.62. The first kappa shape index (κ1) is 18.7. The number of benzene rings is 1. The van der Waals surface area contributed by atoms with E-state index in [0.29, 0.717) is 25.8 Å². The normalized spacial score (nSPS) is 10.1. The van der Waals surface area contributed by atoms with Gasteiger partial charge >= 0.3 is 5.97 Å². The summed E-state index contributed by atoms with van der Waals surface area (Å²) in [4.78, 5) is 31.9. The number of non-ortho nitro benzene ring substituents is 1. The van der Waals surface area contributed by atoms with Crippen LogP contribution in [-0.2, 0) is 9.59 Å². The Morgan fingerprint density at radius 1 is 1.30 bits per heavy atom. The van der Waals surface area contributed by atoms with E-state index in [2.05, 4.69) is 5.32 Å². The van der Waals surface area contributed by atoms with Crippen molar-refractivity contribution in [2.75, 3.05) is 13.2 Å². The van der Waals surface area contributed by atoms with Gasteiger partial charge in [-0.15, -0.1) is 0 Å². The largest absolute Gasteiger partial charge is 0.482 e. The van der Waals surface area contributed by atoms with E-state index in [1.165, 1.54) is 12.1 Å². The zero-order valence-corrected chi connectivity index (χ0v) is 13.0. The van der Waals surface area contributed by atoms with Crippen LogP contribution >= 0.6 is 11.6 Å². The number of carboxylic acid groups (broad SMARTS) is 1. The fourth-order valence-electron chi connectivity index (χ4n) is 1.72. The maximum atomic E-state index is 11.6. The highest BCUT2D eigenvalue weighted by molar-refractivity contribution is 6.32. The third-order valence-corrected chi connectivity index (χ3v) is 3.17. The molecule has 0 heterocycles. The van der Waals surface area contributed by atoms with Gasteiger partial charge in [0.1, 0.15) is 5.75 Å². The molecule has 0 aromatic heterocycles. The molecule has 0 radical (unpaired) electrons. The summed E-state index contributed by atoms with van der Waals surface area (Å²) in [5, 5.41) is 21.7. The molecular formula is C14H17ClN2O6. The Labute approximate surface area is 137 Å². The summed E-state index contributed by atoms with van der Waals surface area (Å²) in [7, 11) is 0. The van der Waals surface area contributed by atoms with Crippen LogP contribution in [0.1, 0.15) is 25.7 Å². The molecule has 1 aromatic rings. The number of nitro groups is 1. The summed E-state index contributed by atoms with van der Waals surface area (Å²) < 4.78 is 5.20. The molecule has 0 unspecified atom stereocenters. The number of carbonyl (C=O) groups is 2. The van der Waals surface area contributed by atoms with Gasteiger partial charge in [0.25, 0.3) is 11.6 Å². The van der Waals surface area contributed by atoms with Crippen molar-refractivity contribution in [2.24, 2.45) is 0 Å². The second-order valence-corrected chi connectivity index (χ2v) is 5.12. The van der Waals surface area contributed by atoms with Crippen molar-refractivity contribution in [3.8, 4) is 5.75 Å².